The van der Waals surface area contributed by atoms with Crippen LogP contribution in [0.15, 0.2) is 55.4 Å². The van der Waals surface area contributed by atoms with Crippen molar-refractivity contribution in [2.75, 3.05) is 24.6 Å². The first kappa shape index (κ1) is 26.5. The molecule has 1 aromatic heterocycles. The van der Waals surface area contributed by atoms with Crippen molar-refractivity contribution in [1.82, 2.24) is 9.88 Å². The van der Waals surface area contributed by atoms with Crippen LogP contribution in [0.1, 0.15) is 56.8 Å². The number of anilines is 1. The number of amides is 2. The molecule has 1 fully saturated rings. The molecule has 0 atom stereocenters. The van der Waals surface area contributed by atoms with E-state index in [0.29, 0.717) is 28.6 Å². The van der Waals surface area contributed by atoms with E-state index in [1.165, 1.54) is 4.90 Å². The van der Waals surface area contributed by atoms with Gasteiger partial charge in [-0.1, -0.05) is 30.5 Å². The van der Waals surface area contributed by atoms with Crippen molar-refractivity contribution in [2.45, 2.75) is 58.1 Å². The summed E-state index contributed by atoms with van der Waals surface area (Å²) in [5.74, 6) is 0.376. The Balaban J connectivity index is 1.72. The van der Waals surface area contributed by atoms with Crippen LogP contribution in [0.25, 0.3) is 0 Å². The molecule has 0 bridgehead atoms. The van der Waals surface area contributed by atoms with E-state index in [9.17, 15) is 9.59 Å². The molecule has 3 rings (SSSR count). The molecule has 35 heavy (non-hydrogen) atoms. The largest absolute Gasteiger partial charge is 0.492 e. The molecule has 8 heteroatoms. The lowest BCUT2D eigenvalue weighted by atomic mass is 10.1. The third-order valence-corrected chi connectivity index (χ3v) is 5.86. The standard InChI is InChI=1S/C27H34ClN3O4/c1-5-14-30(22-8-6-7-9-22)25(32)20-17-21(28)19-24(18-20)34-16-15-31(23-10-12-29-13-11-23)26(33)35-27(2,3)4/h5,10-13,17-19,22H,1,6-9,14-16H2,2-4H3. The first-order valence-electron chi connectivity index (χ1n) is 11.9. The fraction of sp³-hybridized carbons (Fsp3) is 0.444. The van der Waals surface area contributed by atoms with Crippen molar-refractivity contribution in [1.29, 1.82) is 0 Å². The number of carbonyl (C=O) groups excluding carboxylic acids is 2. The summed E-state index contributed by atoms with van der Waals surface area (Å²) in [5, 5.41) is 0.411. The first-order valence-corrected chi connectivity index (χ1v) is 12.3. The van der Waals surface area contributed by atoms with Gasteiger partial charge in [0.15, 0.2) is 0 Å². The summed E-state index contributed by atoms with van der Waals surface area (Å²) in [6.45, 7) is 10.2. The quantitative estimate of drug-likeness (QED) is 0.388. The Hall–Kier alpha value is -3.06. The highest BCUT2D eigenvalue weighted by atomic mass is 35.5. The molecule has 188 valence electrons. The molecule has 0 N–H and O–H groups in total. The van der Waals surface area contributed by atoms with Gasteiger partial charge in [-0.3, -0.25) is 14.7 Å². The molecule has 0 radical (unpaired) electrons. The third-order valence-electron chi connectivity index (χ3n) is 5.64. The molecule has 0 unspecified atom stereocenters. The summed E-state index contributed by atoms with van der Waals surface area (Å²) < 4.78 is 11.5. The number of carbonyl (C=O) groups is 2. The molecule has 1 aliphatic rings. The number of nitrogens with zero attached hydrogens (tertiary/aromatic N) is 3. The molecule has 0 saturated heterocycles. The molecule has 7 nitrogen and oxygen atoms in total. The van der Waals surface area contributed by atoms with Gasteiger partial charge in [0, 0.05) is 35.6 Å². The van der Waals surface area contributed by atoms with E-state index in [4.69, 9.17) is 21.1 Å². The predicted molar refractivity (Wildman–Crippen MR) is 138 cm³/mol. The molecular weight excluding hydrogens is 466 g/mol. The number of pyridine rings is 1. The van der Waals surface area contributed by atoms with Crippen LogP contribution in [0.2, 0.25) is 5.02 Å². The van der Waals surface area contributed by atoms with Gasteiger partial charge in [0.1, 0.15) is 18.0 Å². The monoisotopic (exact) mass is 499 g/mol. The number of hydrogen-bond donors (Lipinski definition) is 0. The van der Waals surface area contributed by atoms with Gasteiger partial charge in [0.2, 0.25) is 0 Å². The average molecular weight is 500 g/mol. The van der Waals surface area contributed by atoms with Crippen molar-refractivity contribution in [2.24, 2.45) is 0 Å². The summed E-state index contributed by atoms with van der Waals surface area (Å²) in [6, 6.07) is 8.70. The average Bonchev–Trinajstić information content (AvgIpc) is 3.33. The molecule has 1 heterocycles. The maximum Gasteiger partial charge on any atom is 0.414 e. The van der Waals surface area contributed by atoms with Crippen molar-refractivity contribution in [3.63, 3.8) is 0 Å². The molecule has 0 aliphatic heterocycles. The lowest BCUT2D eigenvalue weighted by molar-refractivity contribution is 0.0574. The SMILES string of the molecule is C=CCN(C(=O)c1cc(Cl)cc(OCCN(C(=O)OC(C)(C)C)c2ccncc2)c1)C1CCCC1. The minimum atomic E-state index is -0.637. The van der Waals surface area contributed by atoms with Gasteiger partial charge in [-0.15, -0.1) is 6.58 Å². The number of benzene rings is 1. The molecule has 1 saturated carbocycles. The van der Waals surface area contributed by atoms with Crippen LogP contribution < -0.4 is 9.64 Å². The summed E-state index contributed by atoms with van der Waals surface area (Å²) in [4.78, 5) is 33.5. The van der Waals surface area contributed by atoms with Crippen LogP contribution in [0.5, 0.6) is 5.75 Å². The summed E-state index contributed by atoms with van der Waals surface area (Å²) in [6.07, 6.45) is 8.75. The second-order valence-corrected chi connectivity index (χ2v) is 9.98. The van der Waals surface area contributed by atoms with E-state index >= 15 is 0 Å². The minimum absolute atomic E-state index is 0.0867. The third kappa shape index (κ3) is 7.72. The molecule has 1 aliphatic carbocycles. The zero-order chi connectivity index (χ0) is 25.4. The maximum absolute atomic E-state index is 13.3. The van der Waals surface area contributed by atoms with E-state index in [1.54, 1.807) is 48.8 Å². The lowest BCUT2D eigenvalue weighted by Crippen LogP contribution is -2.39. The highest BCUT2D eigenvalue weighted by Gasteiger charge is 2.27. The molecular formula is C27H34ClN3O4. The van der Waals surface area contributed by atoms with Crippen LogP contribution >= 0.6 is 11.6 Å². The second-order valence-electron chi connectivity index (χ2n) is 9.55. The molecule has 2 aromatic rings. The van der Waals surface area contributed by atoms with E-state index in [0.717, 1.165) is 25.7 Å². The number of hydrogen-bond acceptors (Lipinski definition) is 5. The predicted octanol–water partition coefficient (Wildman–Crippen LogP) is 6.13. The zero-order valence-electron chi connectivity index (χ0n) is 20.7. The fourth-order valence-corrected chi connectivity index (χ4v) is 4.33. The number of rotatable bonds is 9. The van der Waals surface area contributed by atoms with Crippen molar-refractivity contribution >= 4 is 29.3 Å². The van der Waals surface area contributed by atoms with Gasteiger partial charge >= 0.3 is 6.09 Å². The second kappa shape index (κ2) is 12.1. The highest BCUT2D eigenvalue weighted by molar-refractivity contribution is 6.31. The zero-order valence-corrected chi connectivity index (χ0v) is 21.5. The lowest BCUT2D eigenvalue weighted by Gasteiger charge is -2.28. The number of halogens is 1. The van der Waals surface area contributed by atoms with Gasteiger partial charge in [-0.25, -0.2) is 4.79 Å². The van der Waals surface area contributed by atoms with E-state index in [2.05, 4.69) is 11.6 Å². The molecule has 1 aromatic carbocycles. The highest BCUT2D eigenvalue weighted by Crippen LogP contribution is 2.28. The Morgan fingerprint density at radius 2 is 1.86 bits per heavy atom. The van der Waals surface area contributed by atoms with E-state index in [-0.39, 0.29) is 25.1 Å². The van der Waals surface area contributed by atoms with E-state index in [1.807, 2.05) is 25.7 Å². The van der Waals surface area contributed by atoms with Crippen molar-refractivity contribution in [3.05, 3.63) is 66.0 Å². The van der Waals surface area contributed by atoms with Gasteiger partial charge in [-0.2, -0.15) is 0 Å². The van der Waals surface area contributed by atoms with Crippen LogP contribution in [0.3, 0.4) is 0 Å². The van der Waals surface area contributed by atoms with Crippen LogP contribution in [0, 0.1) is 0 Å². The van der Waals surface area contributed by atoms with E-state index < -0.39 is 11.7 Å². The maximum atomic E-state index is 13.3. The smallest absolute Gasteiger partial charge is 0.414 e. The Morgan fingerprint density at radius 1 is 1.17 bits per heavy atom. The summed E-state index contributed by atoms with van der Waals surface area (Å²) in [5.41, 5.74) is 0.484. The van der Waals surface area contributed by atoms with Gasteiger partial charge in [0.25, 0.3) is 5.91 Å². The normalized spacial score (nSPS) is 13.8. The van der Waals surface area contributed by atoms with Crippen LogP contribution in [0.4, 0.5) is 10.5 Å². The molecule has 0 spiro atoms. The van der Waals surface area contributed by atoms with Gasteiger partial charge in [0.05, 0.1) is 12.2 Å². The Morgan fingerprint density at radius 3 is 2.49 bits per heavy atom. The summed E-state index contributed by atoms with van der Waals surface area (Å²) >= 11 is 6.33. The summed E-state index contributed by atoms with van der Waals surface area (Å²) in [7, 11) is 0. The van der Waals surface area contributed by atoms with Gasteiger partial charge in [-0.05, 0) is 63.9 Å². The molecule has 2 amide bonds. The minimum Gasteiger partial charge on any atom is -0.492 e. The number of ether oxygens (including phenoxy) is 2. The van der Waals surface area contributed by atoms with Crippen molar-refractivity contribution in [3.8, 4) is 5.75 Å². The number of aromatic nitrogens is 1. The fourth-order valence-electron chi connectivity index (χ4n) is 4.11. The van der Waals surface area contributed by atoms with Crippen LogP contribution in [-0.4, -0.2) is 53.2 Å². The first-order chi connectivity index (χ1) is 16.7. The van der Waals surface area contributed by atoms with Crippen LogP contribution in [-0.2, 0) is 4.74 Å². The van der Waals surface area contributed by atoms with Crippen molar-refractivity contribution < 1.29 is 19.1 Å². The van der Waals surface area contributed by atoms with Gasteiger partial charge < -0.3 is 14.4 Å². The Bertz CT molecular complexity index is 1020. The Labute approximate surface area is 212 Å². The topological polar surface area (TPSA) is 72.0 Å². The Kier molecular flexibility index (Phi) is 9.15.